The van der Waals surface area contributed by atoms with Crippen molar-refractivity contribution in [2.24, 2.45) is 0 Å². The molecular weight excluding hydrogens is 302 g/mol. The molecule has 1 fully saturated rings. The van der Waals surface area contributed by atoms with Gasteiger partial charge in [0.05, 0.1) is 17.9 Å². The van der Waals surface area contributed by atoms with E-state index in [0.717, 1.165) is 49.9 Å². The van der Waals surface area contributed by atoms with Crippen LogP contribution >= 0.6 is 0 Å². The van der Waals surface area contributed by atoms with Gasteiger partial charge in [-0.3, -0.25) is 9.91 Å². The highest BCUT2D eigenvalue weighted by Gasteiger charge is 2.35. The Morgan fingerprint density at radius 1 is 1.04 bits per heavy atom. The highest BCUT2D eigenvalue weighted by atomic mass is 16.2. The zero-order valence-corrected chi connectivity index (χ0v) is 14.3. The number of carbonyl (C=O) groups excluding carboxylic acids is 1. The summed E-state index contributed by atoms with van der Waals surface area (Å²) in [6.07, 6.45) is 0. The van der Waals surface area contributed by atoms with Crippen LogP contribution in [0.1, 0.15) is 22.8 Å². The maximum absolute atomic E-state index is 12.7. The number of aryl methyl sites for hydroxylation is 2. The van der Waals surface area contributed by atoms with Gasteiger partial charge in [0.1, 0.15) is 5.82 Å². The number of carbonyl (C=O) groups is 1. The molecule has 2 aliphatic rings. The summed E-state index contributed by atoms with van der Waals surface area (Å²) in [5.41, 5.74) is 3.34. The lowest BCUT2D eigenvalue weighted by atomic mass is 10.2. The summed E-state index contributed by atoms with van der Waals surface area (Å²) < 4.78 is 1.76. The normalized spacial score (nSPS) is 19.1. The minimum atomic E-state index is 0.0413. The first-order chi connectivity index (χ1) is 11.6. The standard InChI is InChI=1S/C18H23N5O/c1-14-17-13-22(18(24)23(17)15(2)19-14)21-10-8-20(9-11-21)12-16-6-4-3-5-7-16/h3-7H,8-13H2,1-2H3. The summed E-state index contributed by atoms with van der Waals surface area (Å²) in [6.45, 7) is 9.22. The lowest BCUT2D eigenvalue weighted by Gasteiger charge is -2.38. The van der Waals surface area contributed by atoms with E-state index >= 15 is 0 Å². The van der Waals surface area contributed by atoms with Gasteiger partial charge in [-0.05, 0) is 19.4 Å². The van der Waals surface area contributed by atoms with Gasteiger partial charge in [0.2, 0.25) is 0 Å². The zero-order valence-electron chi connectivity index (χ0n) is 14.3. The van der Waals surface area contributed by atoms with E-state index in [1.807, 2.05) is 18.9 Å². The molecule has 0 radical (unpaired) electrons. The SMILES string of the molecule is Cc1nc(C)n2c1CN(N1CCN(Cc3ccccc3)CC1)C2=O. The molecular formula is C18H23N5O. The van der Waals surface area contributed by atoms with Crippen molar-refractivity contribution in [1.29, 1.82) is 0 Å². The summed E-state index contributed by atoms with van der Waals surface area (Å²) >= 11 is 0. The topological polar surface area (TPSA) is 44.6 Å². The van der Waals surface area contributed by atoms with Crippen molar-refractivity contribution in [3.63, 3.8) is 0 Å². The van der Waals surface area contributed by atoms with Gasteiger partial charge in [-0.25, -0.2) is 19.4 Å². The minimum absolute atomic E-state index is 0.0413. The Morgan fingerprint density at radius 2 is 1.75 bits per heavy atom. The third-order valence-corrected chi connectivity index (χ3v) is 4.99. The smallest absolute Gasteiger partial charge is 0.296 e. The lowest BCUT2D eigenvalue weighted by molar-refractivity contribution is -0.0230. The third kappa shape index (κ3) is 2.61. The summed E-state index contributed by atoms with van der Waals surface area (Å²) in [7, 11) is 0. The molecule has 6 heteroatoms. The fraction of sp³-hybridized carbons (Fsp3) is 0.444. The Labute approximate surface area is 142 Å². The Bertz CT molecular complexity index is 746. The molecule has 1 aromatic heterocycles. The second-order valence-corrected chi connectivity index (χ2v) is 6.58. The monoisotopic (exact) mass is 325 g/mol. The number of amides is 1. The number of hydrogen-bond donors (Lipinski definition) is 0. The van der Waals surface area contributed by atoms with Gasteiger partial charge in [0.25, 0.3) is 0 Å². The second kappa shape index (κ2) is 6.03. The molecule has 0 saturated carbocycles. The summed E-state index contributed by atoms with van der Waals surface area (Å²) in [6, 6.07) is 10.6. The molecule has 0 aliphatic carbocycles. The van der Waals surface area contributed by atoms with E-state index in [4.69, 9.17) is 0 Å². The van der Waals surface area contributed by atoms with E-state index in [9.17, 15) is 4.79 Å². The van der Waals surface area contributed by atoms with Crippen LogP contribution in [0.4, 0.5) is 4.79 Å². The number of rotatable bonds is 3. The van der Waals surface area contributed by atoms with E-state index in [1.165, 1.54) is 5.56 Å². The van der Waals surface area contributed by atoms with Gasteiger partial charge in [-0.15, -0.1) is 0 Å². The molecule has 1 saturated heterocycles. The minimum Gasteiger partial charge on any atom is -0.296 e. The van der Waals surface area contributed by atoms with Crippen molar-refractivity contribution >= 4 is 6.03 Å². The average Bonchev–Trinajstić information content (AvgIpc) is 3.08. The van der Waals surface area contributed by atoms with Crippen molar-refractivity contribution in [3.05, 3.63) is 53.1 Å². The number of imidazole rings is 1. The third-order valence-electron chi connectivity index (χ3n) is 4.99. The maximum atomic E-state index is 12.7. The molecule has 2 aliphatic heterocycles. The highest BCUT2D eigenvalue weighted by Crippen LogP contribution is 2.24. The molecule has 24 heavy (non-hydrogen) atoms. The van der Waals surface area contributed by atoms with Crippen LogP contribution in [-0.2, 0) is 13.1 Å². The Balaban J connectivity index is 1.39. The molecule has 6 nitrogen and oxygen atoms in total. The number of aromatic nitrogens is 2. The zero-order chi connectivity index (χ0) is 16.7. The molecule has 3 heterocycles. The van der Waals surface area contributed by atoms with Gasteiger partial charge in [0, 0.05) is 32.7 Å². The highest BCUT2D eigenvalue weighted by molar-refractivity contribution is 5.80. The van der Waals surface area contributed by atoms with Gasteiger partial charge >= 0.3 is 6.03 Å². The van der Waals surface area contributed by atoms with Crippen LogP contribution in [0.15, 0.2) is 30.3 Å². The van der Waals surface area contributed by atoms with E-state index in [-0.39, 0.29) is 6.03 Å². The fourth-order valence-electron chi connectivity index (χ4n) is 3.68. The quantitative estimate of drug-likeness (QED) is 0.866. The van der Waals surface area contributed by atoms with E-state index in [2.05, 4.69) is 45.2 Å². The van der Waals surface area contributed by atoms with Crippen LogP contribution < -0.4 is 0 Å². The van der Waals surface area contributed by atoms with Crippen molar-refractivity contribution in [1.82, 2.24) is 24.5 Å². The molecule has 126 valence electrons. The van der Waals surface area contributed by atoms with E-state index in [1.54, 1.807) is 4.57 Å². The first-order valence-electron chi connectivity index (χ1n) is 8.51. The van der Waals surface area contributed by atoms with Crippen LogP contribution in [0.25, 0.3) is 0 Å². The summed E-state index contributed by atoms with van der Waals surface area (Å²) in [4.78, 5) is 19.6. The summed E-state index contributed by atoms with van der Waals surface area (Å²) in [5.74, 6) is 0.790. The molecule has 1 aromatic carbocycles. The number of hydrazine groups is 1. The number of benzene rings is 1. The Kier molecular flexibility index (Phi) is 3.86. The van der Waals surface area contributed by atoms with Crippen LogP contribution in [-0.4, -0.2) is 56.7 Å². The Hall–Kier alpha value is -2.18. The molecule has 0 spiro atoms. The average molecular weight is 325 g/mol. The number of nitrogens with zero attached hydrogens (tertiary/aromatic N) is 5. The predicted octanol–water partition coefficient (Wildman–Crippen LogP) is 2.02. The van der Waals surface area contributed by atoms with Crippen molar-refractivity contribution < 1.29 is 4.79 Å². The predicted molar refractivity (Wildman–Crippen MR) is 91.3 cm³/mol. The molecule has 0 N–H and O–H groups in total. The fourth-order valence-corrected chi connectivity index (χ4v) is 3.68. The van der Waals surface area contributed by atoms with Crippen LogP contribution in [0.3, 0.4) is 0 Å². The van der Waals surface area contributed by atoms with Gasteiger partial charge in [-0.2, -0.15) is 0 Å². The lowest BCUT2D eigenvalue weighted by Crippen LogP contribution is -2.53. The second-order valence-electron chi connectivity index (χ2n) is 6.58. The molecule has 2 aromatic rings. The van der Waals surface area contributed by atoms with Gasteiger partial charge in [-0.1, -0.05) is 30.3 Å². The van der Waals surface area contributed by atoms with E-state index < -0.39 is 0 Å². The van der Waals surface area contributed by atoms with Crippen molar-refractivity contribution in [3.8, 4) is 0 Å². The van der Waals surface area contributed by atoms with Crippen LogP contribution in [0.5, 0.6) is 0 Å². The maximum Gasteiger partial charge on any atom is 0.344 e. The molecule has 0 unspecified atom stereocenters. The number of hydrogen-bond acceptors (Lipinski definition) is 4. The van der Waals surface area contributed by atoms with Crippen LogP contribution in [0, 0.1) is 13.8 Å². The summed E-state index contributed by atoms with van der Waals surface area (Å²) in [5, 5.41) is 4.08. The molecule has 1 amide bonds. The number of fused-ring (bicyclic) bond motifs is 1. The van der Waals surface area contributed by atoms with Gasteiger partial charge in [0.15, 0.2) is 0 Å². The van der Waals surface area contributed by atoms with Crippen molar-refractivity contribution in [2.75, 3.05) is 26.2 Å². The van der Waals surface area contributed by atoms with E-state index in [0.29, 0.717) is 6.54 Å². The van der Waals surface area contributed by atoms with Crippen LogP contribution in [0.2, 0.25) is 0 Å². The Morgan fingerprint density at radius 3 is 2.42 bits per heavy atom. The first kappa shape index (κ1) is 15.4. The van der Waals surface area contributed by atoms with Crippen molar-refractivity contribution in [2.45, 2.75) is 26.9 Å². The number of piperazine rings is 1. The first-order valence-corrected chi connectivity index (χ1v) is 8.51. The molecule has 0 atom stereocenters. The molecule has 0 bridgehead atoms. The van der Waals surface area contributed by atoms with Gasteiger partial charge < -0.3 is 0 Å². The largest absolute Gasteiger partial charge is 0.344 e. The molecule has 4 rings (SSSR count).